The predicted octanol–water partition coefficient (Wildman–Crippen LogP) is 3.57. The van der Waals surface area contributed by atoms with E-state index in [1.165, 1.54) is 18.2 Å². The van der Waals surface area contributed by atoms with Crippen molar-refractivity contribution in [2.45, 2.75) is 19.5 Å². The number of amides is 2. The molecule has 7 nitrogen and oxygen atoms in total. The second-order valence-corrected chi connectivity index (χ2v) is 8.34. The molecule has 0 spiro atoms. The van der Waals surface area contributed by atoms with Crippen LogP contribution in [-0.4, -0.2) is 38.0 Å². The molecule has 0 aliphatic carbocycles. The van der Waals surface area contributed by atoms with E-state index in [1.54, 1.807) is 22.0 Å². The van der Waals surface area contributed by atoms with Crippen molar-refractivity contribution in [3.8, 4) is 11.3 Å². The highest BCUT2D eigenvalue weighted by atomic mass is 35.5. The Morgan fingerprint density at radius 2 is 1.94 bits per heavy atom. The third-order valence-electron chi connectivity index (χ3n) is 5.83. The zero-order valence-corrected chi connectivity index (χ0v) is 18.2. The van der Waals surface area contributed by atoms with Gasteiger partial charge >= 0.3 is 0 Å². The van der Waals surface area contributed by atoms with Crippen molar-refractivity contribution >= 4 is 34.2 Å². The molecule has 0 fully saturated rings. The van der Waals surface area contributed by atoms with Crippen LogP contribution in [0.3, 0.4) is 0 Å². The van der Waals surface area contributed by atoms with Crippen LogP contribution in [0.2, 0.25) is 5.02 Å². The lowest BCUT2D eigenvalue weighted by Gasteiger charge is -2.28. The van der Waals surface area contributed by atoms with Crippen LogP contribution < -0.4 is 5.73 Å². The van der Waals surface area contributed by atoms with Gasteiger partial charge < -0.3 is 10.6 Å². The molecule has 0 bridgehead atoms. The Bertz CT molecular complexity index is 1420. The maximum atomic E-state index is 13.6. The van der Waals surface area contributed by atoms with Crippen LogP contribution in [0.15, 0.2) is 54.9 Å². The summed E-state index contributed by atoms with van der Waals surface area (Å²) in [4.78, 5) is 31.2. The Hall–Kier alpha value is -3.78. The second kappa shape index (κ2) is 8.29. The minimum absolute atomic E-state index is 0.0625. The number of nitrogens with zero attached hydrogens (tertiary/aromatic N) is 4. The van der Waals surface area contributed by atoms with Gasteiger partial charge in [-0.15, -0.1) is 0 Å². The second-order valence-electron chi connectivity index (χ2n) is 7.94. The quantitative estimate of drug-likeness (QED) is 0.500. The molecule has 0 unspecified atom stereocenters. The van der Waals surface area contributed by atoms with Crippen LogP contribution in [0.5, 0.6) is 0 Å². The summed E-state index contributed by atoms with van der Waals surface area (Å²) in [7, 11) is 0. The van der Waals surface area contributed by atoms with E-state index < -0.39 is 11.7 Å². The first kappa shape index (κ1) is 21.1. The van der Waals surface area contributed by atoms with E-state index in [0.29, 0.717) is 30.0 Å². The minimum atomic E-state index is -0.664. The Morgan fingerprint density at radius 3 is 2.73 bits per heavy atom. The van der Waals surface area contributed by atoms with E-state index in [-0.39, 0.29) is 29.5 Å². The summed E-state index contributed by atoms with van der Waals surface area (Å²) in [5.74, 6) is -1.29. The molecule has 1 aliphatic heterocycles. The van der Waals surface area contributed by atoms with Crippen molar-refractivity contribution in [1.82, 2.24) is 19.7 Å². The van der Waals surface area contributed by atoms with Gasteiger partial charge in [0.25, 0.3) is 5.91 Å². The maximum absolute atomic E-state index is 13.6. The van der Waals surface area contributed by atoms with Crippen LogP contribution in [-0.2, 0) is 24.3 Å². The molecule has 2 aromatic carbocycles. The molecular formula is C24H19ClFN5O2. The molecule has 4 aromatic rings. The summed E-state index contributed by atoms with van der Waals surface area (Å²) in [6.45, 7) is 1.07. The van der Waals surface area contributed by atoms with Crippen LogP contribution in [0.25, 0.3) is 22.0 Å². The molecule has 2 amide bonds. The molecule has 0 saturated carbocycles. The molecule has 0 atom stereocenters. The van der Waals surface area contributed by atoms with Gasteiger partial charge in [-0.1, -0.05) is 23.7 Å². The Kier molecular flexibility index (Phi) is 5.30. The van der Waals surface area contributed by atoms with Crippen molar-refractivity contribution in [1.29, 1.82) is 0 Å². The number of pyridine rings is 1. The lowest BCUT2D eigenvalue weighted by molar-refractivity contribution is -0.132. The maximum Gasteiger partial charge on any atom is 0.252 e. The number of rotatable bonds is 4. The highest BCUT2D eigenvalue weighted by Crippen LogP contribution is 2.31. The molecule has 3 heterocycles. The van der Waals surface area contributed by atoms with Gasteiger partial charge in [0.1, 0.15) is 11.5 Å². The normalized spacial score (nSPS) is 13.2. The van der Waals surface area contributed by atoms with E-state index in [1.807, 2.05) is 24.3 Å². The zero-order valence-electron chi connectivity index (χ0n) is 17.5. The van der Waals surface area contributed by atoms with Crippen LogP contribution >= 0.6 is 11.6 Å². The Labute approximate surface area is 193 Å². The number of aromatic nitrogens is 3. The topological polar surface area (TPSA) is 94.1 Å². The number of benzene rings is 2. The number of hydrogen-bond donors (Lipinski definition) is 1. The Morgan fingerprint density at radius 1 is 1.09 bits per heavy atom. The third kappa shape index (κ3) is 3.93. The first-order chi connectivity index (χ1) is 15.9. The fourth-order valence-electron chi connectivity index (χ4n) is 4.17. The molecule has 2 N–H and O–H groups in total. The van der Waals surface area contributed by atoms with Crippen LogP contribution in [0.1, 0.15) is 21.6 Å². The predicted molar refractivity (Wildman–Crippen MR) is 122 cm³/mol. The Balaban J connectivity index is 1.42. The summed E-state index contributed by atoms with van der Waals surface area (Å²) < 4.78 is 15.3. The zero-order chi connectivity index (χ0) is 23.1. The van der Waals surface area contributed by atoms with Gasteiger partial charge in [-0.2, -0.15) is 5.10 Å². The molecule has 9 heteroatoms. The van der Waals surface area contributed by atoms with E-state index >= 15 is 0 Å². The summed E-state index contributed by atoms with van der Waals surface area (Å²) >= 11 is 5.92. The van der Waals surface area contributed by atoms with Crippen molar-refractivity contribution in [3.63, 3.8) is 0 Å². The number of nitrogens with two attached hydrogens (primary N) is 1. The van der Waals surface area contributed by atoms with Gasteiger partial charge in [-0.25, -0.2) is 4.39 Å². The number of carbonyl (C=O) groups is 2. The summed E-state index contributed by atoms with van der Waals surface area (Å²) in [5, 5.41) is 6.47. The first-order valence-corrected chi connectivity index (χ1v) is 10.7. The van der Waals surface area contributed by atoms with Crippen molar-refractivity contribution in [2.75, 3.05) is 6.54 Å². The first-order valence-electron chi connectivity index (χ1n) is 10.4. The minimum Gasteiger partial charge on any atom is -0.365 e. The molecule has 5 rings (SSSR count). The largest absolute Gasteiger partial charge is 0.365 e. The molecule has 2 aromatic heterocycles. The number of halogens is 2. The van der Waals surface area contributed by atoms with Crippen molar-refractivity contribution < 1.29 is 14.0 Å². The van der Waals surface area contributed by atoms with E-state index in [4.69, 9.17) is 17.3 Å². The van der Waals surface area contributed by atoms with Gasteiger partial charge in [0.2, 0.25) is 5.91 Å². The van der Waals surface area contributed by atoms with Crippen molar-refractivity contribution in [3.05, 3.63) is 82.5 Å². The van der Waals surface area contributed by atoms with Crippen LogP contribution in [0.4, 0.5) is 4.39 Å². The average molecular weight is 464 g/mol. The molecule has 33 heavy (non-hydrogen) atoms. The highest BCUT2D eigenvalue weighted by Gasteiger charge is 2.29. The van der Waals surface area contributed by atoms with Gasteiger partial charge in [0.15, 0.2) is 0 Å². The van der Waals surface area contributed by atoms with E-state index in [2.05, 4.69) is 10.1 Å². The summed E-state index contributed by atoms with van der Waals surface area (Å²) in [6.07, 6.45) is 3.73. The van der Waals surface area contributed by atoms with Gasteiger partial charge in [-0.05, 0) is 41.3 Å². The standard InChI is InChI=1S/C24H19ClFN5O2/c25-18-11-16(3-4-19(18)26)23-22(24(27)33)20-13-30(7-8-31(20)29-23)21(32)10-14-1-2-15-5-6-28-12-17(15)9-14/h1-6,9,11-12H,7-8,10,13H2,(H2,27,33). The smallest absolute Gasteiger partial charge is 0.252 e. The van der Waals surface area contributed by atoms with E-state index in [9.17, 15) is 14.0 Å². The summed E-state index contributed by atoms with van der Waals surface area (Å²) in [6, 6.07) is 11.9. The van der Waals surface area contributed by atoms with Gasteiger partial charge in [0.05, 0.1) is 35.8 Å². The molecule has 0 radical (unpaired) electrons. The highest BCUT2D eigenvalue weighted by molar-refractivity contribution is 6.31. The van der Waals surface area contributed by atoms with Gasteiger partial charge in [-0.3, -0.25) is 19.3 Å². The molecular weight excluding hydrogens is 445 g/mol. The molecule has 1 aliphatic rings. The molecule has 0 saturated heterocycles. The number of carbonyl (C=O) groups excluding carboxylic acids is 2. The number of fused-ring (bicyclic) bond motifs is 2. The fourth-order valence-corrected chi connectivity index (χ4v) is 4.35. The van der Waals surface area contributed by atoms with E-state index in [0.717, 1.165) is 16.3 Å². The SMILES string of the molecule is NC(=O)c1c(-c2ccc(F)c(Cl)c2)nn2c1CN(C(=O)Cc1ccc3ccncc3c1)CC2. The van der Waals surface area contributed by atoms with Crippen molar-refractivity contribution in [2.24, 2.45) is 5.73 Å². The fraction of sp³-hybridized carbons (Fsp3) is 0.167. The monoisotopic (exact) mass is 463 g/mol. The lowest BCUT2D eigenvalue weighted by atomic mass is 10.0. The lowest BCUT2D eigenvalue weighted by Crippen LogP contribution is -2.40. The number of primary amides is 1. The van der Waals surface area contributed by atoms with Crippen LogP contribution in [0, 0.1) is 5.82 Å². The number of hydrogen-bond acceptors (Lipinski definition) is 4. The average Bonchev–Trinajstić information content (AvgIpc) is 3.20. The third-order valence-corrected chi connectivity index (χ3v) is 6.12. The summed E-state index contributed by atoms with van der Waals surface area (Å²) in [5.41, 5.74) is 8.15. The van der Waals surface area contributed by atoms with Gasteiger partial charge in [0, 0.05) is 29.9 Å². The molecule has 166 valence electrons.